The number of halogens is 1. The van der Waals surface area contributed by atoms with Crippen molar-refractivity contribution in [2.24, 2.45) is 0 Å². The monoisotopic (exact) mass is 403 g/mol. The maximum Gasteiger partial charge on any atom is 0.407 e. The fourth-order valence-corrected chi connectivity index (χ4v) is 5.03. The van der Waals surface area contributed by atoms with Crippen LogP contribution in [-0.4, -0.2) is 65.2 Å². The summed E-state index contributed by atoms with van der Waals surface area (Å²) in [7, 11) is 0. The first-order chi connectivity index (χ1) is 13.5. The molecule has 28 heavy (non-hydrogen) atoms. The number of nitrogens with zero attached hydrogens (tertiary/aromatic N) is 3. The summed E-state index contributed by atoms with van der Waals surface area (Å²) >= 11 is 6.16. The third-order valence-corrected chi connectivity index (χ3v) is 6.60. The van der Waals surface area contributed by atoms with E-state index in [4.69, 9.17) is 16.7 Å². The highest BCUT2D eigenvalue weighted by molar-refractivity contribution is 6.35. The molecule has 1 aromatic carbocycles. The molecular weight excluding hydrogens is 378 g/mol. The Hall–Kier alpha value is -2.05. The molecule has 3 aliphatic rings. The third kappa shape index (κ3) is 3.40. The molecule has 0 saturated carbocycles. The number of rotatable bonds is 2. The maximum atomic E-state index is 13.0. The van der Waals surface area contributed by atoms with E-state index < -0.39 is 6.09 Å². The number of hydrogen-bond donors (Lipinski definition) is 1. The Bertz CT molecular complexity index is 809. The molecule has 4 rings (SSSR count). The number of benzene rings is 1. The lowest BCUT2D eigenvalue weighted by Gasteiger charge is -2.43. The van der Waals surface area contributed by atoms with Crippen LogP contribution in [0.3, 0.4) is 0 Å². The van der Waals surface area contributed by atoms with Gasteiger partial charge in [-0.25, -0.2) is 4.79 Å². The van der Waals surface area contributed by atoms with E-state index in [1.165, 1.54) is 4.90 Å². The minimum Gasteiger partial charge on any atom is -0.465 e. The minimum atomic E-state index is -0.816. The van der Waals surface area contributed by atoms with Crippen LogP contribution in [0.2, 0.25) is 5.02 Å². The van der Waals surface area contributed by atoms with E-state index in [2.05, 4.69) is 4.90 Å². The number of piperidine rings is 2. The molecule has 3 heterocycles. The highest BCUT2D eigenvalue weighted by Crippen LogP contribution is 2.41. The summed E-state index contributed by atoms with van der Waals surface area (Å²) in [6, 6.07) is 6.34. The van der Waals surface area contributed by atoms with Gasteiger partial charge in [0.05, 0.1) is 5.69 Å². The van der Waals surface area contributed by atoms with Crippen molar-refractivity contribution in [2.75, 3.05) is 31.1 Å². The van der Waals surface area contributed by atoms with Gasteiger partial charge in [-0.2, -0.15) is 0 Å². The van der Waals surface area contributed by atoms with Crippen LogP contribution in [0.5, 0.6) is 0 Å². The number of anilines is 1. The van der Waals surface area contributed by atoms with Crippen molar-refractivity contribution in [2.45, 2.75) is 44.7 Å². The average Bonchev–Trinajstić information content (AvgIpc) is 2.98. The quantitative estimate of drug-likeness (QED) is 0.765. The fraction of sp³-hybridized carbons (Fsp3) is 0.524. The van der Waals surface area contributed by atoms with Crippen LogP contribution in [-0.2, 0) is 4.79 Å². The van der Waals surface area contributed by atoms with E-state index in [9.17, 15) is 9.59 Å². The van der Waals surface area contributed by atoms with Crippen molar-refractivity contribution >= 4 is 34.9 Å². The second-order valence-corrected chi connectivity index (χ2v) is 8.24. The number of carboxylic acid groups (broad SMARTS) is 1. The molecule has 150 valence electrons. The average molecular weight is 404 g/mol. The van der Waals surface area contributed by atoms with Crippen molar-refractivity contribution < 1.29 is 14.7 Å². The SMILES string of the molecule is C/C=C1\C(=O)N(C2CCN(C3CCN(C(=O)O)CC3)CC2)c2ccc(Cl)cc21. The molecule has 7 heteroatoms. The van der Waals surface area contributed by atoms with E-state index in [-0.39, 0.29) is 11.9 Å². The second-order valence-electron chi connectivity index (χ2n) is 7.81. The van der Waals surface area contributed by atoms with E-state index in [0.29, 0.717) is 24.2 Å². The number of amides is 2. The van der Waals surface area contributed by atoms with Crippen LogP contribution < -0.4 is 4.90 Å². The summed E-state index contributed by atoms with van der Waals surface area (Å²) in [5, 5.41) is 9.77. The van der Waals surface area contributed by atoms with Crippen LogP contribution in [0.4, 0.5) is 10.5 Å². The third-order valence-electron chi connectivity index (χ3n) is 6.36. The van der Waals surface area contributed by atoms with E-state index in [0.717, 1.165) is 55.6 Å². The first-order valence-electron chi connectivity index (χ1n) is 10.0. The van der Waals surface area contributed by atoms with Gasteiger partial charge in [0.1, 0.15) is 0 Å². The Balaban J connectivity index is 1.42. The van der Waals surface area contributed by atoms with Gasteiger partial charge in [-0.1, -0.05) is 17.7 Å². The largest absolute Gasteiger partial charge is 0.465 e. The predicted molar refractivity (Wildman–Crippen MR) is 110 cm³/mol. The van der Waals surface area contributed by atoms with Gasteiger partial charge in [0, 0.05) is 54.4 Å². The molecule has 6 nitrogen and oxygen atoms in total. The molecule has 0 aromatic heterocycles. The molecule has 2 saturated heterocycles. The molecule has 0 radical (unpaired) electrons. The van der Waals surface area contributed by atoms with Gasteiger partial charge < -0.3 is 19.8 Å². The van der Waals surface area contributed by atoms with Gasteiger partial charge in [0.25, 0.3) is 5.91 Å². The van der Waals surface area contributed by atoms with Gasteiger partial charge in [-0.05, 0) is 50.8 Å². The lowest BCUT2D eigenvalue weighted by molar-refractivity contribution is -0.113. The Morgan fingerprint density at radius 1 is 1.11 bits per heavy atom. The Kier molecular flexibility index (Phi) is 5.34. The van der Waals surface area contributed by atoms with Gasteiger partial charge >= 0.3 is 6.09 Å². The predicted octanol–water partition coefficient (Wildman–Crippen LogP) is 3.70. The first kappa shape index (κ1) is 19.3. The topological polar surface area (TPSA) is 64.1 Å². The van der Waals surface area contributed by atoms with Gasteiger partial charge in [0.2, 0.25) is 0 Å². The second kappa shape index (κ2) is 7.76. The summed E-state index contributed by atoms with van der Waals surface area (Å²) in [4.78, 5) is 30.1. The lowest BCUT2D eigenvalue weighted by atomic mass is 9.97. The molecule has 3 aliphatic heterocycles. The van der Waals surface area contributed by atoms with E-state index >= 15 is 0 Å². The van der Waals surface area contributed by atoms with Crippen molar-refractivity contribution in [1.82, 2.24) is 9.80 Å². The van der Waals surface area contributed by atoms with Crippen molar-refractivity contribution in [1.29, 1.82) is 0 Å². The van der Waals surface area contributed by atoms with Gasteiger partial charge in [-0.3, -0.25) is 4.79 Å². The molecule has 0 aliphatic carbocycles. The molecular formula is C21H26ClN3O3. The van der Waals surface area contributed by atoms with Gasteiger partial charge in [0.15, 0.2) is 0 Å². The number of allylic oxidation sites excluding steroid dienone is 1. The summed E-state index contributed by atoms with van der Waals surface area (Å²) in [5.41, 5.74) is 2.64. The number of likely N-dealkylation sites (tertiary alicyclic amines) is 2. The lowest BCUT2D eigenvalue weighted by Crippen LogP contribution is -2.52. The normalized spacial score (nSPS) is 23.5. The summed E-state index contributed by atoms with van der Waals surface area (Å²) < 4.78 is 0. The van der Waals surface area contributed by atoms with Gasteiger partial charge in [-0.15, -0.1) is 0 Å². The molecule has 0 unspecified atom stereocenters. The Labute approximate surface area is 170 Å². The summed E-state index contributed by atoms with van der Waals surface area (Å²) in [5.74, 6) is 0.0768. The van der Waals surface area contributed by atoms with Crippen molar-refractivity contribution in [3.63, 3.8) is 0 Å². The number of fused-ring (bicyclic) bond motifs is 1. The van der Waals surface area contributed by atoms with Crippen LogP contribution in [0.15, 0.2) is 24.3 Å². The van der Waals surface area contributed by atoms with Crippen LogP contribution >= 0.6 is 11.6 Å². The zero-order chi connectivity index (χ0) is 19.8. The van der Waals surface area contributed by atoms with E-state index in [1.54, 1.807) is 0 Å². The molecule has 1 N–H and O–H groups in total. The zero-order valence-corrected chi connectivity index (χ0v) is 16.9. The number of hydrogen-bond acceptors (Lipinski definition) is 3. The molecule has 1 aromatic rings. The molecule has 2 fully saturated rings. The minimum absolute atomic E-state index is 0.0768. The van der Waals surface area contributed by atoms with E-state index in [1.807, 2.05) is 36.1 Å². The standard InChI is InChI=1S/C21H26ClN3O3/c1-2-17-18-13-14(22)3-4-19(18)25(20(17)26)16-7-9-23(10-8-16)15-5-11-24(12-6-15)21(27)28/h2-4,13,15-16H,5-12H2,1H3,(H,27,28)/b17-2-. The summed E-state index contributed by atoms with van der Waals surface area (Å²) in [6.45, 7) is 5.01. The van der Waals surface area contributed by atoms with Crippen LogP contribution in [0.1, 0.15) is 38.2 Å². The molecule has 0 atom stereocenters. The Morgan fingerprint density at radius 2 is 1.75 bits per heavy atom. The first-order valence-corrected chi connectivity index (χ1v) is 10.4. The molecule has 0 spiro atoms. The summed E-state index contributed by atoms with van der Waals surface area (Å²) in [6.07, 6.45) is 4.72. The molecule has 0 bridgehead atoms. The fourth-order valence-electron chi connectivity index (χ4n) is 4.86. The number of carbonyl (C=O) groups excluding carboxylic acids is 1. The van der Waals surface area contributed by atoms with Crippen LogP contribution in [0, 0.1) is 0 Å². The molecule has 2 amide bonds. The Morgan fingerprint density at radius 3 is 2.36 bits per heavy atom. The highest BCUT2D eigenvalue weighted by atomic mass is 35.5. The maximum absolute atomic E-state index is 13.0. The highest BCUT2D eigenvalue weighted by Gasteiger charge is 2.39. The smallest absolute Gasteiger partial charge is 0.407 e. The van der Waals surface area contributed by atoms with Crippen molar-refractivity contribution in [3.05, 3.63) is 34.9 Å². The number of carbonyl (C=O) groups is 2. The zero-order valence-electron chi connectivity index (χ0n) is 16.1. The van der Waals surface area contributed by atoms with Crippen LogP contribution in [0.25, 0.3) is 5.57 Å². The van der Waals surface area contributed by atoms with Crippen molar-refractivity contribution in [3.8, 4) is 0 Å².